The summed E-state index contributed by atoms with van der Waals surface area (Å²) < 4.78 is 11.4. The molecule has 0 aromatic carbocycles. The molecule has 0 radical (unpaired) electrons. The number of rotatable bonds is 11. The van der Waals surface area contributed by atoms with Crippen LogP contribution in [0.25, 0.3) is 0 Å². The zero-order valence-electron chi connectivity index (χ0n) is 12.4. The third-order valence-corrected chi connectivity index (χ3v) is 3.82. The highest BCUT2D eigenvalue weighted by molar-refractivity contribution is 4.96. The van der Waals surface area contributed by atoms with Crippen LogP contribution >= 0.6 is 0 Å². The van der Waals surface area contributed by atoms with Gasteiger partial charge >= 0.3 is 0 Å². The zero-order valence-corrected chi connectivity index (χ0v) is 12.4. The van der Waals surface area contributed by atoms with Crippen LogP contribution in [0.5, 0.6) is 0 Å². The van der Waals surface area contributed by atoms with Gasteiger partial charge in [-0.1, -0.05) is 46.0 Å². The van der Waals surface area contributed by atoms with E-state index in [2.05, 4.69) is 19.2 Å². The Morgan fingerprint density at radius 3 is 2.44 bits per heavy atom. The predicted octanol–water partition coefficient (Wildman–Crippen LogP) is 3.13. The molecule has 0 aromatic rings. The van der Waals surface area contributed by atoms with E-state index in [1.54, 1.807) is 7.11 Å². The highest BCUT2D eigenvalue weighted by Crippen LogP contribution is 2.27. The minimum Gasteiger partial charge on any atom is -0.377 e. The minimum absolute atomic E-state index is 0.255. The van der Waals surface area contributed by atoms with Crippen molar-refractivity contribution >= 4 is 0 Å². The summed E-state index contributed by atoms with van der Waals surface area (Å²) in [5, 5.41) is 3.43. The Balaban J connectivity index is 1.96. The Labute approximate surface area is 113 Å². The molecular formula is C15H31NO2. The first kappa shape index (κ1) is 15.9. The Kier molecular flexibility index (Phi) is 8.64. The van der Waals surface area contributed by atoms with Crippen LogP contribution in [0.4, 0.5) is 0 Å². The van der Waals surface area contributed by atoms with Gasteiger partial charge in [-0.05, 0) is 19.4 Å². The minimum atomic E-state index is 0.255. The molecule has 1 aliphatic rings. The van der Waals surface area contributed by atoms with Gasteiger partial charge in [0.1, 0.15) is 0 Å². The maximum Gasteiger partial charge on any atom is 0.0986 e. The molecule has 3 nitrogen and oxygen atoms in total. The van der Waals surface area contributed by atoms with Crippen molar-refractivity contribution in [2.45, 2.75) is 77.0 Å². The molecule has 1 fully saturated rings. The van der Waals surface area contributed by atoms with Gasteiger partial charge in [0.15, 0.2) is 0 Å². The van der Waals surface area contributed by atoms with Crippen molar-refractivity contribution in [2.75, 3.05) is 20.3 Å². The van der Waals surface area contributed by atoms with Crippen LogP contribution in [0, 0.1) is 0 Å². The third-order valence-electron chi connectivity index (χ3n) is 3.82. The first-order chi connectivity index (χ1) is 8.83. The molecule has 0 aromatic heterocycles. The molecule has 3 unspecified atom stereocenters. The monoisotopic (exact) mass is 257 g/mol. The van der Waals surface area contributed by atoms with Gasteiger partial charge < -0.3 is 14.8 Å². The molecule has 0 heterocycles. The van der Waals surface area contributed by atoms with Crippen molar-refractivity contribution in [3.8, 4) is 0 Å². The normalized spacial score (nSPS) is 27.2. The topological polar surface area (TPSA) is 30.5 Å². The number of hydrogen-bond acceptors (Lipinski definition) is 3. The van der Waals surface area contributed by atoms with E-state index in [0.29, 0.717) is 12.1 Å². The summed E-state index contributed by atoms with van der Waals surface area (Å²) in [5.74, 6) is 0. The lowest BCUT2D eigenvalue weighted by molar-refractivity contribution is -0.134. The molecule has 1 rings (SSSR count). The summed E-state index contributed by atoms with van der Waals surface area (Å²) in [4.78, 5) is 0. The van der Waals surface area contributed by atoms with Crippen molar-refractivity contribution in [2.24, 2.45) is 0 Å². The molecule has 0 spiro atoms. The fourth-order valence-electron chi connectivity index (χ4n) is 2.64. The number of methoxy groups -OCH3 is 1. The van der Waals surface area contributed by atoms with Gasteiger partial charge in [0.25, 0.3) is 0 Å². The Hall–Kier alpha value is -0.120. The Morgan fingerprint density at radius 1 is 1.06 bits per heavy atom. The maximum atomic E-state index is 5.90. The lowest BCUT2D eigenvalue weighted by Gasteiger charge is -2.43. The van der Waals surface area contributed by atoms with Crippen molar-refractivity contribution in [3.05, 3.63) is 0 Å². The fourth-order valence-corrected chi connectivity index (χ4v) is 2.64. The standard InChI is InChI=1S/C15H31NO2/c1-4-6-7-8-9-10-11-18-14-12-13(16-5-2)15(14)17-3/h13-16H,4-12H2,1-3H3. The highest BCUT2D eigenvalue weighted by Gasteiger charge is 2.41. The second kappa shape index (κ2) is 9.76. The van der Waals surface area contributed by atoms with Gasteiger partial charge in [-0.25, -0.2) is 0 Å². The predicted molar refractivity (Wildman–Crippen MR) is 76.0 cm³/mol. The van der Waals surface area contributed by atoms with E-state index in [1.165, 1.54) is 38.5 Å². The van der Waals surface area contributed by atoms with Crippen LogP contribution in [0.2, 0.25) is 0 Å². The smallest absolute Gasteiger partial charge is 0.0986 e. The molecule has 1 saturated carbocycles. The molecule has 0 amide bonds. The first-order valence-corrected chi connectivity index (χ1v) is 7.71. The van der Waals surface area contributed by atoms with E-state index in [-0.39, 0.29) is 6.10 Å². The van der Waals surface area contributed by atoms with E-state index < -0.39 is 0 Å². The molecule has 18 heavy (non-hydrogen) atoms. The second-order valence-electron chi connectivity index (χ2n) is 5.28. The lowest BCUT2D eigenvalue weighted by Crippen LogP contribution is -2.59. The maximum absolute atomic E-state index is 5.90. The summed E-state index contributed by atoms with van der Waals surface area (Å²) in [6.07, 6.45) is 9.60. The second-order valence-corrected chi connectivity index (χ2v) is 5.28. The van der Waals surface area contributed by atoms with Crippen LogP contribution in [0.3, 0.4) is 0 Å². The SMILES string of the molecule is CCCCCCCCOC1CC(NCC)C1OC. The van der Waals surface area contributed by atoms with Crippen molar-refractivity contribution in [1.82, 2.24) is 5.32 Å². The Morgan fingerprint density at radius 2 is 1.78 bits per heavy atom. The quantitative estimate of drug-likeness (QED) is 0.577. The number of hydrogen-bond donors (Lipinski definition) is 1. The molecule has 3 atom stereocenters. The van der Waals surface area contributed by atoms with E-state index in [4.69, 9.17) is 9.47 Å². The number of likely N-dealkylation sites (N-methyl/N-ethyl adjacent to an activating group) is 1. The Bertz CT molecular complexity index is 199. The van der Waals surface area contributed by atoms with Gasteiger partial charge in [0, 0.05) is 19.8 Å². The summed E-state index contributed by atoms with van der Waals surface area (Å²) in [7, 11) is 1.79. The van der Waals surface area contributed by atoms with Gasteiger partial charge in [-0.15, -0.1) is 0 Å². The average Bonchev–Trinajstić information content (AvgIpc) is 2.35. The van der Waals surface area contributed by atoms with Gasteiger partial charge in [0.05, 0.1) is 12.2 Å². The molecule has 0 saturated heterocycles. The van der Waals surface area contributed by atoms with Gasteiger partial charge in [-0.3, -0.25) is 0 Å². The van der Waals surface area contributed by atoms with E-state index >= 15 is 0 Å². The third kappa shape index (κ3) is 5.25. The molecule has 0 aliphatic heterocycles. The van der Waals surface area contributed by atoms with Crippen LogP contribution in [0.15, 0.2) is 0 Å². The van der Waals surface area contributed by atoms with Crippen LogP contribution in [0.1, 0.15) is 58.8 Å². The number of unbranched alkanes of at least 4 members (excludes halogenated alkanes) is 5. The summed E-state index contributed by atoms with van der Waals surface area (Å²) in [6.45, 7) is 6.30. The molecule has 108 valence electrons. The fraction of sp³-hybridized carbons (Fsp3) is 1.00. The summed E-state index contributed by atoms with van der Waals surface area (Å²) in [5.41, 5.74) is 0. The van der Waals surface area contributed by atoms with E-state index in [1.807, 2.05) is 0 Å². The van der Waals surface area contributed by atoms with Gasteiger partial charge in [0.2, 0.25) is 0 Å². The highest BCUT2D eigenvalue weighted by atomic mass is 16.5. The summed E-state index contributed by atoms with van der Waals surface area (Å²) >= 11 is 0. The molecular weight excluding hydrogens is 226 g/mol. The lowest BCUT2D eigenvalue weighted by atomic mass is 9.85. The molecule has 1 N–H and O–H groups in total. The average molecular weight is 257 g/mol. The zero-order chi connectivity index (χ0) is 13.2. The summed E-state index contributed by atoms with van der Waals surface area (Å²) in [6, 6.07) is 0.495. The largest absolute Gasteiger partial charge is 0.377 e. The van der Waals surface area contributed by atoms with Crippen molar-refractivity contribution < 1.29 is 9.47 Å². The van der Waals surface area contributed by atoms with Crippen molar-refractivity contribution in [1.29, 1.82) is 0 Å². The van der Waals surface area contributed by atoms with E-state index in [0.717, 1.165) is 19.6 Å². The molecule has 1 aliphatic carbocycles. The van der Waals surface area contributed by atoms with Crippen molar-refractivity contribution in [3.63, 3.8) is 0 Å². The first-order valence-electron chi connectivity index (χ1n) is 7.71. The van der Waals surface area contributed by atoms with Crippen LogP contribution in [-0.4, -0.2) is 38.5 Å². The van der Waals surface area contributed by atoms with Crippen LogP contribution < -0.4 is 5.32 Å². The molecule has 0 bridgehead atoms. The molecule has 3 heteroatoms. The number of nitrogens with one attached hydrogen (secondary N) is 1. The van der Waals surface area contributed by atoms with E-state index in [9.17, 15) is 0 Å². The van der Waals surface area contributed by atoms with Crippen LogP contribution in [-0.2, 0) is 9.47 Å². The number of ether oxygens (including phenoxy) is 2. The van der Waals surface area contributed by atoms with Gasteiger partial charge in [-0.2, -0.15) is 0 Å².